The largest absolute Gasteiger partial charge is 0.502 e. The van der Waals surface area contributed by atoms with Crippen LogP contribution in [0.5, 0.6) is 0 Å². The van der Waals surface area contributed by atoms with Crippen LogP contribution in [0.1, 0.15) is 36.7 Å². The number of sulfone groups is 2. The zero-order chi connectivity index (χ0) is 25.3. The van der Waals surface area contributed by atoms with Crippen LogP contribution in [0.4, 0.5) is 30.7 Å². The van der Waals surface area contributed by atoms with Crippen LogP contribution in [0.2, 0.25) is 0 Å². The first kappa shape index (κ1) is 27.6. The monoisotopic (exact) mass is 512 g/mol. The summed E-state index contributed by atoms with van der Waals surface area (Å²) in [5.41, 5.74) is -14.6. The Bertz CT molecular complexity index is 1110. The number of ether oxygens (including phenoxy) is 1. The number of esters is 1. The standard InChI is InChI=1S/C17H15F7O6S2/c1-15(2,3)30-14(25)12-9-11(18)8-7-10(12)5-4-6-13(31(26,27)16(19,20)21)32(28,29)17(22,23)24/h4-9H,1-3H3/b5-4+. The second kappa shape index (κ2) is 8.84. The third-order valence-corrected chi connectivity index (χ3v) is 7.15. The number of halogens is 7. The number of benzene rings is 1. The van der Waals surface area contributed by atoms with E-state index in [-0.39, 0.29) is 11.6 Å². The molecule has 15 heteroatoms. The van der Waals surface area contributed by atoms with Crippen molar-refractivity contribution in [3.8, 4) is 0 Å². The highest BCUT2D eigenvalue weighted by Gasteiger charge is 2.59. The molecular formula is C17H15F7O6S2. The zero-order valence-electron chi connectivity index (χ0n) is 16.4. The molecule has 0 saturated heterocycles. The minimum atomic E-state index is -6.94. The summed E-state index contributed by atoms with van der Waals surface area (Å²) >= 11 is 0. The van der Waals surface area contributed by atoms with Gasteiger partial charge in [-0.15, -0.1) is 0 Å². The highest BCUT2D eigenvalue weighted by Crippen LogP contribution is 2.38. The molecule has 0 radical (unpaired) electrons. The second-order valence-electron chi connectivity index (χ2n) is 6.98. The average Bonchev–Trinajstić information content (AvgIpc) is 2.55. The lowest BCUT2D eigenvalue weighted by Gasteiger charge is -2.20. The van der Waals surface area contributed by atoms with Crippen LogP contribution in [0.25, 0.3) is 6.08 Å². The summed E-state index contributed by atoms with van der Waals surface area (Å²) in [7, 11) is -13.9. The van der Waals surface area contributed by atoms with E-state index in [1.165, 1.54) is 20.8 Å². The third kappa shape index (κ3) is 6.31. The predicted octanol–water partition coefficient (Wildman–Crippen LogP) is 4.50. The first-order chi connectivity index (χ1) is 14.1. The Balaban J connectivity index is 3.65. The molecule has 0 aromatic heterocycles. The molecule has 0 heterocycles. The molecule has 0 spiro atoms. The first-order valence-electron chi connectivity index (χ1n) is 8.15. The summed E-state index contributed by atoms with van der Waals surface area (Å²) in [6.45, 7) is 4.37. The smallest absolute Gasteiger partial charge is 0.456 e. The van der Waals surface area contributed by atoms with Gasteiger partial charge in [0, 0.05) is 0 Å². The maximum absolute atomic E-state index is 13.5. The molecule has 1 rings (SSSR count). The highest BCUT2D eigenvalue weighted by molar-refractivity contribution is 8.15. The lowest BCUT2D eigenvalue weighted by atomic mass is 10.1. The van der Waals surface area contributed by atoms with Gasteiger partial charge in [0.1, 0.15) is 11.4 Å². The van der Waals surface area contributed by atoms with Crippen molar-refractivity contribution >= 4 is 31.7 Å². The van der Waals surface area contributed by atoms with Gasteiger partial charge in [0.2, 0.25) is 0 Å². The molecule has 0 aliphatic carbocycles. The Morgan fingerprint density at radius 3 is 1.78 bits per heavy atom. The maximum Gasteiger partial charge on any atom is 0.502 e. The number of hydrogen-bond donors (Lipinski definition) is 0. The van der Waals surface area contributed by atoms with Crippen LogP contribution in [-0.2, 0) is 24.4 Å². The second-order valence-corrected chi connectivity index (χ2v) is 11.1. The first-order valence-corrected chi connectivity index (χ1v) is 11.1. The molecule has 0 fully saturated rings. The Morgan fingerprint density at radius 1 is 0.906 bits per heavy atom. The van der Waals surface area contributed by atoms with E-state index in [4.69, 9.17) is 4.74 Å². The van der Waals surface area contributed by atoms with E-state index in [2.05, 4.69) is 0 Å². The Kier molecular flexibility index (Phi) is 7.63. The van der Waals surface area contributed by atoms with Crippen LogP contribution in [0, 0.1) is 5.82 Å². The predicted molar refractivity (Wildman–Crippen MR) is 98.6 cm³/mol. The van der Waals surface area contributed by atoms with Crippen LogP contribution < -0.4 is 0 Å². The number of carbonyl (C=O) groups is 1. The van der Waals surface area contributed by atoms with E-state index in [9.17, 15) is 52.4 Å². The summed E-state index contributed by atoms with van der Waals surface area (Å²) in [6.07, 6.45) is 0.396. The van der Waals surface area contributed by atoms with Crippen molar-refractivity contribution in [1.29, 1.82) is 0 Å². The average molecular weight is 512 g/mol. The molecule has 0 amide bonds. The summed E-state index contributed by atoms with van der Waals surface area (Å²) in [4.78, 5) is 12.2. The van der Waals surface area contributed by atoms with E-state index < -0.39 is 64.0 Å². The molecule has 0 N–H and O–H groups in total. The van der Waals surface area contributed by atoms with Gasteiger partial charge in [-0.25, -0.2) is 26.0 Å². The van der Waals surface area contributed by atoms with Crippen molar-refractivity contribution in [3.05, 3.63) is 51.5 Å². The molecular weight excluding hydrogens is 497 g/mol. The van der Waals surface area contributed by atoms with Gasteiger partial charge in [-0.2, -0.15) is 26.3 Å². The van der Waals surface area contributed by atoms with Gasteiger partial charge in [-0.3, -0.25) is 0 Å². The van der Waals surface area contributed by atoms with Gasteiger partial charge in [-0.05, 0) is 44.5 Å². The Morgan fingerprint density at radius 2 is 1.38 bits per heavy atom. The third-order valence-electron chi connectivity index (χ3n) is 3.28. The molecule has 0 bridgehead atoms. The maximum atomic E-state index is 13.5. The molecule has 1 aromatic carbocycles. The van der Waals surface area contributed by atoms with Gasteiger partial charge < -0.3 is 4.74 Å². The topological polar surface area (TPSA) is 94.6 Å². The summed E-state index contributed by atoms with van der Waals surface area (Å²) in [6, 6.07) is 2.31. The number of rotatable bonds is 5. The van der Waals surface area contributed by atoms with E-state index in [0.717, 1.165) is 12.1 Å². The van der Waals surface area contributed by atoms with Gasteiger partial charge in [0.25, 0.3) is 19.7 Å². The van der Waals surface area contributed by atoms with E-state index in [0.29, 0.717) is 12.1 Å². The fourth-order valence-electron chi connectivity index (χ4n) is 1.97. The van der Waals surface area contributed by atoms with Crippen molar-refractivity contribution in [2.75, 3.05) is 0 Å². The lowest BCUT2D eigenvalue weighted by molar-refractivity contribution is -0.0444. The van der Waals surface area contributed by atoms with Crippen molar-refractivity contribution in [3.63, 3.8) is 0 Å². The molecule has 1 aromatic rings. The molecule has 0 aliphatic rings. The van der Waals surface area contributed by atoms with Crippen molar-refractivity contribution in [2.24, 2.45) is 0 Å². The number of allylic oxidation sites excluding steroid dienone is 2. The van der Waals surface area contributed by atoms with E-state index >= 15 is 0 Å². The molecule has 180 valence electrons. The molecule has 6 nitrogen and oxygen atoms in total. The molecule has 0 saturated carbocycles. The number of carbonyl (C=O) groups excluding carboxylic acids is 1. The van der Waals surface area contributed by atoms with E-state index in [1.807, 2.05) is 0 Å². The summed E-state index contributed by atoms with van der Waals surface area (Å²) < 4.78 is 138. The highest BCUT2D eigenvalue weighted by atomic mass is 32.3. The Hall–Kier alpha value is -2.42. The number of hydrogen-bond acceptors (Lipinski definition) is 6. The van der Waals surface area contributed by atoms with Gasteiger partial charge in [0.15, 0.2) is 4.24 Å². The van der Waals surface area contributed by atoms with Crippen LogP contribution in [0.15, 0.2) is 34.6 Å². The van der Waals surface area contributed by atoms with Gasteiger partial charge >= 0.3 is 17.0 Å². The molecule has 32 heavy (non-hydrogen) atoms. The molecule has 0 atom stereocenters. The summed E-state index contributed by atoms with van der Waals surface area (Å²) in [5.74, 6) is -2.06. The fourth-order valence-corrected chi connectivity index (χ4v) is 4.66. The van der Waals surface area contributed by atoms with Crippen LogP contribution in [0.3, 0.4) is 0 Å². The van der Waals surface area contributed by atoms with Crippen molar-refractivity contribution in [1.82, 2.24) is 0 Å². The van der Waals surface area contributed by atoms with Crippen molar-refractivity contribution in [2.45, 2.75) is 37.4 Å². The Labute approximate surface area is 178 Å². The number of alkyl halides is 6. The lowest BCUT2D eigenvalue weighted by Crippen LogP contribution is -2.34. The fraction of sp³-hybridized carbons (Fsp3) is 0.353. The van der Waals surface area contributed by atoms with Gasteiger partial charge in [-0.1, -0.05) is 18.2 Å². The normalized spacial score (nSPS) is 13.8. The van der Waals surface area contributed by atoms with Crippen LogP contribution >= 0.6 is 0 Å². The van der Waals surface area contributed by atoms with Crippen molar-refractivity contribution < 1.29 is 57.1 Å². The minimum absolute atomic E-state index is 0.225. The minimum Gasteiger partial charge on any atom is -0.456 e. The van der Waals surface area contributed by atoms with Gasteiger partial charge in [0.05, 0.1) is 5.56 Å². The SMILES string of the molecule is CC(C)(C)OC(=O)c1cc(F)ccc1/C=C/C=C(S(=O)(=O)C(F)(F)F)S(=O)(=O)C(F)(F)F. The molecule has 0 unspecified atom stereocenters. The van der Waals surface area contributed by atoms with Crippen LogP contribution in [-0.4, -0.2) is 39.4 Å². The zero-order valence-corrected chi connectivity index (χ0v) is 18.0. The molecule has 0 aliphatic heterocycles. The summed E-state index contributed by atoms with van der Waals surface area (Å²) in [5, 5.41) is 0. The quantitative estimate of drug-likeness (QED) is 0.328. The van der Waals surface area contributed by atoms with E-state index in [1.54, 1.807) is 0 Å².